The van der Waals surface area contributed by atoms with Crippen LogP contribution in [0.4, 0.5) is 0 Å². The molecular weight excluding hydrogens is 330 g/mol. The van der Waals surface area contributed by atoms with Gasteiger partial charge in [-0.1, -0.05) is 23.7 Å². The Kier molecular flexibility index (Phi) is 5.19. The van der Waals surface area contributed by atoms with E-state index in [1.165, 1.54) is 0 Å². The van der Waals surface area contributed by atoms with E-state index in [4.69, 9.17) is 11.6 Å². The molecular formula is C18H22ClNO2S. The van der Waals surface area contributed by atoms with Crippen LogP contribution in [0.3, 0.4) is 0 Å². The molecule has 5 heteroatoms. The maximum Gasteiger partial charge on any atom is 0.241 e. The molecule has 2 rings (SSSR count). The van der Waals surface area contributed by atoms with Crippen molar-refractivity contribution in [2.75, 3.05) is 0 Å². The zero-order valence-electron chi connectivity index (χ0n) is 14.1. The van der Waals surface area contributed by atoms with Gasteiger partial charge in [-0.25, -0.2) is 13.1 Å². The number of hydrogen-bond donors (Lipinski definition) is 1. The summed E-state index contributed by atoms with van der Waals surface area (Å²) >= 11 is 5.94. The standard InChI is InChI=1S/C18H22ClNO2S/c1-11-12(2)14(4)18(15(5)13(11)3)23(21,22)20-10-16-7-6-8-17(19)9-16/h6-9,20H,10H2,1-5H3. The lowest BCUT2D eigenvalue weighted by Crippen LogP contribution is -2.25. The zero-order chi connectivity index (χ0) is 17.4. The first-order chi connectivity index (χ1) is 10.6. The molecule has 1 N–H and O–H groups in total. The van der Waals surface area contributed by atoms with Crippen molar-refractivity contribution in [3.05, 3.63) is 62.7 Å². The molecule has 2 aromatic carbocycles. The summed E-state index contributed by atoms with van der Waals surface area (Å²) in [6, 6.07) is 7.18. The molecule has 0 spiro atoms. The lowest BCUT2D eigenvalue weighted by molar-refractivity contribution is 0.579. The lowest BCUT2D eigenvalue weighted by atomic mass is 9.95. The fourth-order valence-electron chi connectivity index (χ4n) is 2.77. The number of nitrogens with one attached hydrogen (secondary N) is 1. The van der Waals surface area contributed by atoms with Crippen LogP contribution in [-0.2, 0) is 16.6 Å². The topological polar surface area (TPSA) is 46.2 Å². The van der Waals surface area contributed by atoms with Crippen molar-refractivity contribution in [2.24, 2.45) is 0 Å². The molecule has 0 atom stereocenters. The van der Waals surface area contributed by atoms with Crippen molar-refractivity contribution in [2.45, 2.75) is 46.1 Å². The van der Waals surface area contributed by atoms with Gasteiger partial charge in [-0.05, 0) is 80.1 Å². The van der Waals surface area contributed by atoms with Crippen LogP contribution in [0.5, 0.6) is 0 Å². The zero-order valence-corrected chi connectivity index (χ0v) is 15.7. The highest BCUT2D eigenvalue weighted by atomic mass is 35.5. The van der Waals surface area contributed by atoms with Crippen molar-refractivity contribution < 1.29 is 8.42 Å². The van der Waals surface area contributed by atoms with Gasteiger partial charge in [0.05, 0.1) is 4.90 Å². The van der Waals surface area contributed by atoms with Crippen LogP contribution < -0.4 is 4.72 Å². The van der Waals surface area contributed by atoms with Crippen LogP contribution in [0.2, 0.25) is 5.02 Å². The smallest absolute Gasteiger partial charge is 0.207 e. The third-order valence-electron chi connectivity index (χ3n) is 4.56. The van der Waals surface area contributed by atoms with Gasteiger partial charge in [-0.15, -0.1) is 0 Å². The molecule has 2 aromatic rings. The maximum atomic E-state index is 12.8. The molecule has 0 bridgehead atoms. The first-order valence-electron chi connectivity index (χ1n) is 7.46. The number of hydrogen-bond acceptors (Lipinski definition) is 2. The molecule has 0 unspecified atom stereocenters. The summed E-state index contributed by atoms with van der Waals surface area (Å²) in [6.45, 7) is 9.90. The van der Waals surface area contributed by atoms with E-state index in [2.05, 4.69) is 4.72 Å². The van der Waals surface area contributed by atoms with Gasteiger partial charge in [0.1, 0.15) is 0 Å². The van der Waals surface area contributed by atoms with Gasteiger partial charge < -0.3 is 0 Å². The van der Waals surface area contributed by atoms with E-state index in [0.717, 1.165) is 33.4 Å². The molecule has 0 saturated carbocycles. The highest BCUT2D eigenvalue weighted by molar-refractivity contribution is 7.89. The van der Waals surface area contributed by atoms with Crippen LogP contribution >= 0.6 is 11.6 Å². The van der Waals surface area contributed by atoms with Crippen LogP contribution in [0.25, 0.3) is 0 Å². The second-order valence-corrected chi connectivity index (χ2v) is 8.05. The summed E-state index contributed by atoms with van der Waals surface area (Å²) in [5, 5.41) is 0.594. The van der Waals surface area contributed by atoms with Gasteiger partial charge in [-0.2, -0.15) is 0 Å². The summed E-state index contributed by atoms with van der Waals surface area (Å²) in [5.41, 5.74) is 5.64. The van der Waals surface area contributed by atoms with Gasteiger partial charge in [0.25, 0.3) is 0 Å². The Labute approximate surface area is 143 Å². The minimum Gasteiger partial charge on any atom is -0.207 e. The molecule has 0 aliphatic heterocycles. The molecule has 3 nitrogen and oxygen atoms in total. The highest BCUT2D eigenvalue weighted by Crippen LogP contribution is 2.29. The van der Waals surface area contributed by atoms with Crippen LogP contribution in [-0.4, -0.2) is 8.42 Å². The molecule has 0 aromatic heterocycles. The molecule has 0 aliphatic carbocycles. The van der Waals surface area contributed by atoms with Crippen molar-refractivity contribution >= 4 is 21.6 Å². The normalized spacial score (nSPS) is 11.7. The van der Waals surface area contributed by atoms with Gasteiger partial charge in [0, 0.05) is 11.6 Å². The van der Waals surface area contributed by atoms with E-state index in [1.807, 2.05) is 46.8 Å². The summed E-state index contributed by atoms with van der Waals surface area (Å²) in [5.74, 6) is 0. The largest absolute Gasteiger partial charge is 0.241 e. The van der Waals surface area contributed by atoms with E-state index in [1.54, 1.807) is 12.1 Å². The molecule has 0 heterocycles. The predicted molar refractivity (Wildman–Crippen MR) is 95.6 cm³/mol. The van der Waals surface area contributed by atoms with Crippen LogP contribution in [0.1, 0.15) is 33.4 Å². The molecule has 0 amide bonds. The highest BCUT2D eigenvalue weighted by Gasteiger charge is 2.23. The van der Waals surface area contributed by atoms with E-state index in [-0.39, 0.29) is 6.54 Å². The van der Waals surface area contributed by atoms with Gasteiger partial charge in [0.2, 0.25) is 10.0 Å². The Morgan fingerprint density at radius 2 is 1.43 bits per heavy atom. The fourth-order valence-corrected chi connectivity index (χ4v) is 4.59. The first kappa shape index (κ1) is 18.0. The monoisotopic (exact) mass is 351 g/mol. The van der Waals surface area contributed by atoms with Crippen molar-refractivity contribution in [3.63, 3.8) is 0 Å². The third-order valence-corrected chi connectivity index (χ3v) is 6.46. The lowest BCUT2D eigenvalue weighted by Gasteiger charge is -2.19. The van der Waals surface area contributed by atoms with E-state index < -0.39 is 10.0 Å². The number of halogens is 1. The summed E-state index contributed by atoms with van der Waals surface area (Å²) in [4.78, 5) is 0.389. The molecule has 0 aliphatic rings. The SMILES string of the molecule is Cc1c(C)c(C)c(S(=O)(=O)NCc2cccc(Cl)c2)c(C)c1C. The molecule has 23 heavy (non-hydrogen) atoms. The first-order valence-corrected chi connectivity index (χ1v) is 9.32. The molecule has 0 saturated heterocycles. The molecule has 0 fully saturated rings. The van der Waals surface area contributed by atoms with E-state index in [0.29, 0.717) is 9.92 Å². The van der Waals surface area contributed by atoms with Crippen LogP contribution in [0, 0.1) is 34.6 Å². The van der Waals surface area contributed by atoms with Crippen LogP contribution in [0.15, 0.2) is 29.2 Å². The van der Waals surface area contributed by atoms with Crippen molar-refractivity contribution in [1.29, 1.82) is 0 Å². The number of sulfonamides is 1. The van der Waals surface area contributed by atoms with E-state index >= 15 is 0 Å². The quantitative estimate of drug-likeness (QED) is 0.889. The Bertz CT molecular complexity index is 829. The second-order valence-electron chi connectivity index (χ2n) is 5.91. The molecule has 124 valence electrons. The Balaban J connectivity index is 2.41. The Hall–Kier alpha value is -1.36. The van der Waals surface area contributed by atoms with E-state index in [9.17, 15) is 8.42 Å². The second kappa shape index (κ2) is 6.63. The van der Waals surface area contributed by atoms with Crippen molar-refractivity contribution in [1.82, 2.24) is 4.72 Å². The summed E-state index contributed by atoms with van der Waals surface area (Å²) in [7, 11) is -3.59. The number of benzene rings is 2. The number of rotatable bonds is 4. The minimum atomic E-state index is -3.59. The van der Waals surface area contributed by atoms with Gasteiger partial charge >= 0.3 is 0 Å². The fraction of sp³-hybridized carbons (Fsp3) is 0.333. The van der Waals surface area contributed by atoms with Gasteiger partial charge in [-0.3, -0.25) is 0 Å². The third kappa shape index (κ3) is 3.60. The summed E-state index contributed by atoms with van der Waals surface area (Å²) < 4.78 is 28.3. The average Bonchev–Trinajstić information content (AvgIpc) is 2.49. The summed E-state index contributed by atoms with van der Waals surface area (Å²) in [6.07, 6.45) is 0. The Morgan fingerprint density at radius 1 is 0.913 bits per heavy atom. The maximum absolute atomic E-state index is 12.8. The predicted octanol–water partition coefficient (Wildman–Crippen LogP) is 4.36. The van der Waals surface area contributed by atoms with Crippen molar-refractivity contribution in [3.8, 4) is 0 Å². The molecule has 0 radical (unpaired) electrons. The average molecular weight is 352 g/mol. The Morgan fingerprint density at radius 3 is 1.96 bits per heavy atom. The minimum absolute atomic E-state index is 0.216. The van der Waals surface area contributed by atoms with Gasteiger partial charge in [0.15, 0.2) is 0 Å².